The lowest BCUT2D eigenvalue weighted by Crippen LogP contribution is -2.61. The maximum Gasteiger partial charge on any atom is 0.411 e. The van der Waals surface area contributed by atoms with Crippen LogP contribution in [0.15, 0.2) is 42.6 Å². The molecule has 16 nitrogen and oxygen atoms in total. The maximum absolute atomic E-state index is 17.0. The van der Waals surface area contributed by atoms with E-state index in [1.54, 1.807) is 42.6 Å². The van der Waals surface area contributed by atoms with Crippen LogP contribution in [0.3, 0.4) is 0 Å². The summed E-state index contributed by atoms with van der Waals surface area (Å²) in [4.78, 5) is 45.5. The van der Waals surface area contributed by atoms with E-state index in [1.165, 1.54) is 20.3 Å². The number of halogens is 2. The number of anilines is 1. The van der Waals surface area contributed by atoms with Crippen molar-refractivity contribution in [3.8, 4) is 11.3 Å². The molecule has 0 radical (unpaired) electrons. The first kappa shape index (κ1) is 51.9. The number of hydrogen-bond acceptors (Lipinski definition) is 15. The Hall–Kier alpha value is -3.72. The normalized spacial score (nSPS) is 35.9. The zero-order chi connectivity index (χ0) is 47.0. The van der Waals surface area contributed by atoms with Crippen LogP contribution < -0.4 is 11.1 Å². The molecule has 19 heteroatoms. The summed E-state index contributed by atoms with van der Waals surface area (Å²) in [6.45, 7) is 14.3. The number of benzene rings is 1. The summed E-state index contributed by atoms with van der Waals surface area (Å²) < 4.78 is 59.6. The number of carbonyl (C=O) groups is 3. The fourth-order valence-electron chi connectivity index (χ4n) is 9.21. The van der Waals surface area contributed by atoms with Crippen molar-refractivity contribution in [1.82, 2.24) is 30.1 Å². The number of carbonyl (C=O) groups excluding carboxylic acids is 3. The molecule has 63 heavy (non-hydrogen) atoms. The van der Waals surface area contributed by atoms with Crippen molar-refractivity contribution in [3.63, 3.8) is 0 Å². The average molecular weight is 910 g/mol. The van der Waals surface area contributed by atoms with Gasteiger partial charge in [0.1, 0.15) is 17.9 Å². The highest BCUT2D eigenvalue weighted by Gasteiger charge is 2.60. The van der Waals surface area contributed by atoms with Crippen LogP contribution in [-0.2, 0) is 39.8 Å². The van der Waals surface area contributed by atoms with Gasteiger partial charge in [0.15, 0.2) is 17.7 Å². The molecule has 3 fully saturated rings. The Morgan fingerprint density at radius 1 is 1.13 bits per heavy atom. The predicted octanol–water partition coefficient (Wildman–Crippen LogP) is 5.39. The number of hydrogen-bond donors (Lipinski definition) is 3. The van der Waals surface area contributed by atoms with Gasteiger partial charge < -0.3 is 44.7 Å². The van der Waals surface area contributed by atoms with E-state index in [0.29, 0.717) is 37.3 Å². The second-order valence-electron chi connectivity index (χ2n) is 17.8. The van der Waals surface area contributed by atoms with Crippen LogP contribution in [0.25, 0.3) is 11.3 Å². The minimum absolute atomic E-state index is 0.129. The van der Waals surface area contributed by atoms with Gasteiger partial charge >= 0.3 is 12.1 Å². The molecule has 5 rings (SSSR count). The van der Waals surface area contributed by atoms with Crippen LogP contribution in [0.4, 0.5) is 18.8 Å². The molecule has 0 spiro atoms. The van der Waals surface area contributed by atoms with Gasteiger partial charge in [0, 0.05) is 61.3 Å². The number of likely N-dealkylation sites (N-methyl/N-ethyl adjacent to an activating group) is 1. The Labute approximate surface area is 375 Å². The van der Waals surface area contributed by atoms with E-state index in [2.05, 4.69) is 15.6 Å². The maximum atomic E-state index is 17.0. The number of alkyl halides is 1. The number of aliphatic hydroxyl groups excluding tert-OH is 1. The van der Waals surface area contributed by atoms with E-state index in [4.69, 9.17) is 29.4 Å². The number of fused-ring (bicyclic) bond motifs is 1. The summed E-state index contributed by atoms with van der Waals surface area (Å²) in [6.07, 6.45) is 2.36. The number of nitrogens with one attached hydrogen (secondary N) is 1. The van der Waals surface area contributed by atoms with Gasteiger partial charge in [-0.2, -0.15) is 3.89 Å². The standard InChI is InChI=1S/C43H66FN7O9.CH3FS/c1-12-33-43(8)35(51(40(55)60-43)19-14-13-18-50-24-31(47-48-50)29-16-15-17-30(45)21-29)28(5)46-23-25(2)22-41(6,56-11)37(27(4)36(53)42(7,44)39(54)58-33)59-38-34(52)32(49(9)10)20-26(3)57-38;1-3-2/h13-17,21,24-28,32-35,37-38,46,52H,12,18-20,22-23,45H2,1-11H3;1H3/b14-13+;/t25-,26-,27+,28-,32?,33-,34?,35-,37-,38+,41-,42+,43-;/m1./s1. The third-order valence-corrected chi connectivity index (χ3v) is 12.6. The zero-order valence-corrected chi connectivity index (χ0v) is 39.6. The van der Waals surface area contributed by atoms with E-state index in [-0.39, 0.29) is 43.2 Å². The molecular formula is C44H69F2N7O9S. The van der Waals surface area contributed by atoms with Gasteiger partial charge in [-0.15, -0.1) is 5.10 Å². The minimum atomic E-state index is -3.14. The molecule has 1 amide bonds. The summed E-state index contributed by atoms with van der Waals surface area (Å²) in [7, 11) is 5.19. The van der Waals surface area contributed by atoms with Crippen LogP contribution >= 0.6 is 12.1 Å². The Morgan fingerprint density at radius 3 is 2.41 bits per heavy atom. The van der Waals surface area contributed by atoms with Crippen LogP contribution in [0.1, 0.15) is 74.7 Å². The van der Waals surface area contributed by atoms with Gasteiger partial charge in [-0.1, -0.05) is 50.3 Å². The number of rotatable bonds is 10. The molecule has 1 aromatic heterocycles. The number of nitrogens with two attached hydrogens (primary N) is 1. The number of Topliss-reactive ketones (excluding diaryl/α,β-unsaturated/α-hetero) is 1. The van der Waals surface area contributed by atoms with Crippen LogP contribution in [0.5, 0.6) is 0 Å². The van der Waals surface area contributed by atoms with Crippen LogP contribution in [0, 0.1) is 11.8 Å². The van der Waals surface area contributed by atoms with Crippen LogP contribution in [0.2, 0.25) is 0 Å². The molecule has 2 unspecified atom stereocenters. The fraction of sp³-hybridized carbons (Fsp3) is 0.705. The summed E-state index contributed by atoms with van der Waals surface area (Å²) >= 11 is 0.250. The van der Waals surface area contributed by atoms with Crippen LogP contribution in [-0.4, -0.2) is 154 Å². The van der Waals surface area contributed by atoms with Gasteiger partial charge in [0.2, 0.25) is 0 Å². The Morgan fingerprint density at radius 2 is 1.79 bits per heavy atom. The fourth-order valence-corrected chi connectivity index (χ4v) is 9.21. The molecule has 3 saturated heterocycles. The smallest absolute Gasteiger partial charge is 0.411 e. The number of allylic oxidation sites excluding steroid dienone is 1. The molecule has 13 atom stereocenters. The molecule has 4 N–H and O–H groups in total. The first-order valence-electron chi connectivity index (χ1n) is 21.5. The highest BCUT2D eigenvalue weighted by molar-refractivity contribution is 7.93. The van der Waals surface area contributed by atoms with Crippen molar-refractivity contribution in [3.05, 3.63) is 42.6 Å². The largest absolute Gasteiger partial charge is 0.455 e. The molecule has 2 aromatic rings. The van der Waals surface area contributed by atoms with E-state index in [1.807, 2.05) is 70.1 Å². The number of nitrogens with zero attached hydrogens (tertiary/aromatic N) is 5. The van der Waals surface area contributed by atoms with Gasteiger partial charge in [-0.3, -0.25) is 9.69 Å². The zero-order valence-electron chi connectivity index (χ0n) is 38.7. The highest BCUT2D eigenvalue weighted by atomic mass is 32.2. The Kier molecular flexibility index (Phi) is 18.1. The summed E-state index contributed by atoms with van der Waals surface area (Å²) in [5.74, 6) is -3.90. The van der Waals surface area contributed by atoms with Crippen molar-refractivity contribution >= 4 is 35.7 Å². The van der Waals surface area contributed by atoms with E-state index in [0.717, 1.165) is 12.5 Å². The molecule has 0 aliphatic carbocycles. The summed E-state index contributed by atoms with van der Waals surface area (Å²) in [6, 6.07) is 5.91. The average Bonchev–Trinajstić information content (AvgIpc) is 3.81. The van der Waals surface area contributed by atoms with E-state index in [9.17, 15) is 23.4 Å². The second kappa shape index (κ2) is 22.0. The lowest BCUT2D eigenvalue weighted by Gasteiger charge is -2.47. The molecule has 0 bridgehead atoms. The van der Waals surface area contributed by atoms with Gasteiger partial charge in [0.25, 0.3) is 5.67 Å². The third-order valence-electron chi connectivity index (χ3n) is 12.6. The lowest BCUT2D eigenvalue weighted by molar-refractivity contribution is -0.295. The predicted molar refractivity (Wildman–Crippen MR) is 237 cm³/mol. The second-order valence-corrected chi connectivity index (χ2v) is 18.1. The molecular weight excluding hydrogens is 841 g/mol. The molecule has 1 aromatic carbocycles. The molecule has 3 aliphatic heterocycles. The van der Waals surface area contributed by atoms with E-state index < -0.39 is 77.3 Å². The SMILES string of the molecule is CC[C@H]1OC(=O)[C@@](C)(F)C(=O)[C@H](C)[C@@H](O[C@@H]2O[C@H](C)CC(N(C)C)C2O)[C@](C)(OC)C[C@@H](C)CN[C@H](C)[C@H]2N(C/C=C/Cn3cc(-c4cccc(N)c4)nn3)C(=O)O[C@]12C.CSF. The number of ketones is 1. The van der Waals surface area contributed by atoms with Crippen molar-refractivity contribution in [2.45, 2.75) is 147 Å². The highest BCUT2D eigenvalue weighted by Crippen LogP contribution is 2.41. The number of ether oxygens (including phenoxy) is 5. The quantitative estimate of drug-likeness (QED) is 0.119. The topological polar surface area (TPSA) is 193 Å². The Balaban J connectivity index is 0.00000282. The van der Waals surface area contributed by atoms with Crippen molar-refractivity contribution in [2.24, 2.45) is 11.8 Å². The van der Waals surface area contributed by atoms with Crippen molar-refractivity contribution in [1.29, 1.82) is 0 Å². The first-order chi connectivity index (χ1) is 29.6. The number of aliphatic hydroxyl groups is 1. The third kappa shape index (κ3) is 12.0. The van der Waals surface area contributed by atoms with Gasteiger partial charge in [-0.25, -0.2) is 18.7 Å². The van der Waals surface area contributed by atoms with E-state index >= 15 is 4.39 Å². The monoisotopic (exact) mass is 909 g/mol. The number of nitrogen functional groups attached to an aromatic ring is 1. The molecule has 354 valence electrons. The lowest BCUT2D eigenvalue weighted by atomic mass is 9.78. The number of methoxy groups -OCH3 is 1. The molecule has 0 saturated carbocycles. The number of cyclic esters (lactones) is 1. The Bertz CT molecular complexity index is 1870. The summed E-state index contributed by atoms with van der Waals surface area (Å²) in [5, 5.41) is 23.5. The van der Waals surface area contributed by atoms with Gasteiger partial charge in [0.05, 0.1) is 36.6 Å². The molecule has 4 heterocycles. The number of aromatic nitrogens is 3. The van der Waals surface area contributed by atoms with Crippen molar-refractivity contribution in [2.75, 3.05) is 46.3 Å². The van der Waals surface area contributed by atoms with Crippen molar-refractivity contribution < 1.29 is 51.5 Å². The number of esters is 1. The number of amides is 1. The minimum Gasteiger partial charge on any atom is -0.455 e. The molecule has 3 aliphatic rings. The first-order valence-corrected chi connectivity index (χ1v) is 22.6. The summed E-state index contributed by atoms with van der Waals surface area (Å²) in [5.41, 5.74) is 2.23. The van der Waals surface area contributed by atoms with Gasteiger partial charge in [-0.05, 0) is 92.6 Å².